The van der Waals surface area contributed by atoms with Crippen molar-refractivity contribution >= 4 is 12.0 Å². The van der Waals surface area contributed by atoms with Crippen LogP contribution in [0.25, 0.3) is 0 Å². The molecule has 0 heterocycles. The van der Waals surface area contributed by atoms with E-state index >= 15 is 0 Å². The molecule has 18 heavy (non-hydrogen) atoms. The van der Waals surface area contributed by atoms with E-state index in [0.29, 0.717) is 6.42 Å². The van der Waals surface area contributed by atoms with Crippen LogP contribution in [0.1, 0.15) is 5.56 Å². The summed E-state index contributed by atoms with van der Waals surface area (Å²) in [6.07, 6.45) is -0.312. The van der Waals surface area contributed by atoms with Gasteiger partial charge >= 0.3 is 6.09 Å². The van der Waals surface area contributed by atoms with Crippen molar-refractivity contribution in [2.24, 2.45) is 0 Å². The van der Waals surface area contributed by atoms with Gasteiger partial charge in [-0.2, -0.15) is 0 Å². The number of methoxy groups -OCH3 is 1. The van der Waals surface area contributed by atoms with E-state index in [-0.39, 0.29) is 0 Å². The first-order chi connectivity index (χ1) is 8.67. The molecule has 0 aromatic heterocycles. The monoisotopic (exact) mass is 252 g/mol. The SMILES string of the molecule is CONC(=O)C(Cc1ccccc1)NC(=O)OC. The molecule has 1 rings (SSSR count). The number of hydrogen-bond donors (Lipinski definition) is 2. The molecule has 98 valence electrons. The van der Waals surface area contributed by atoms with Gasteiger partial charge in [-0.1, -0.05) is 30.3 Å². The maximum Gasteiger partial charge on any atom is 0.407 e. The highest BCUT2D eigenvalue weighted by molar-refractivity contribution is 5.85. The van der Waals surface area contributed by atoms with Crippen molar-refractivity contribution in [3.8, 4) is 0 Å². The number of rotatable bonds is 5. The number of hydroxylamine groups is 1. The van der Waals surface area contributed by atoms with Gasteiger partial charge in [0, 0.05) is 6.42 Å². The normalized spacial score (nSPS) is 11.4. The molecule has 0 aliphatic rings. The van der Waals surface area contributed by atoms with Crippen molar-refractivity contribution in [1.82, 2.24) is 10.8 Å². The summed E-state index contributed by atoms with van der Waals surface area (Å²) < 4.78 is 4.48. The van der Waals surface area contributed by atoms with Crippen LogP contribution in [0, 0.1) is 0 Å². The van der Waals surface area contributed by atoms with E-state index in [1.54, 1.807) is 0 Å². The highest BCUT2D eigenvalue weighted by Crippen LogP contribution is 2.03. The quantitative estimate of drug-likeness (QED) is 0.754. The van der Waals surface area contributed by atoms with Gasteiger partial charge in [0.05, 0.1) is 14.2 Å². The van der Waals surface area contributed by atoms with Crippen LogP contribution in [0.15, 0.2) is 30.3 Å². The summed E-state index contributed by atoms with van der Waals surface area (Å²) in [4.78, 5) is 27.4. The summed E-state index contributed by atoms with van der Waals surface area (Å²) in [5, 5.41) is 2.45. The van der Waals surface area contributed by atoms with Crippen molar-refractivity contribution in [1.29, 1.82) is 0 Å². The Hall–Kier alpha value is -2.08. The van der Waals surface area contributed by atoms with Gasteiger partial charge in [-0.3, -0.25) is 9.63 Å². The molecule has 2 amide bonds. The molecule has 1 aromatic carbocycles. The minimum absolute atomic E-state index is 0.352. The third-order valence-corrected chi connectivity index (χ3v) is 2.28. The zero-order valence-electron chi connectivity index (χ0n) is 10.3. The molecule has 0 saturated carbocycles. The van der Waals surface area contributed by atoms with Crippen molar-refractivity contribution < 1.29 is 19.2 Å². The lowest BCUT2D eigenvalue weighted by molar-refractivity contribution is -0.133. The standard InChI is InChI=1S/C12H16N2O4/c1-17-12(16)13-10(11(15)14-18-2)8-9-6-4-3-5-7-9/h3-7,10H,8H2,1-2H3,(H,13,16)(H,14,15). The van der Waals surface area contributed by atoms with Crippen LogP contribution in [-0.4, -0.2) is 32.3 Å². The Morgan fingerprint density at radius 2 is 1.89 bits per heavy atom. The summed E-state index contributed by atoms with van der Waals surface area (Å²) >= 11 is 0. The lowest BCUT2D eigenvalue weighted by atomic mass is 10.1. The van der Waals surface area contributed by atoms with E-state index in [0.717, 1.165) is 5.56 Å². The number of alkyl carbamates (subject to hydrolysis) is 1. The van der Waals surface area contributed by atoms with Gasteiger partial charge in [0.2, 0.25) is 0 Å². The first kappa shape index (κ1) is 14.0. The lowest BCUT2D eigenvalue weighted by Crippen LogP contribution is -2.47. The van der Waals surface area contributed by atoms with Crippen LogP contribution in [0.2, 0.25) is 0 Å². The van der Waals surface area contributed by atoms with Gasteiger partial charge in [0.1, 0.15) is 6.04 Å². The molecular weight excluding hydrogens is 236 g/mol. The summed E-state index contributed by atoms with van der Waals surface area (Å²) in [6, 6.07) is 8.58. The first-order valence-corrected chi connectivity index (χ1v) is 5.38. The molecule has 6 nitrogen and oxygen atoms in total. The maximum atomic E-state index is 11.7. The number of carbonyl (C=O) groups is 2. The summed E-state index contributed by atoms with van der Waals surface area (Å²) in [5.74, 6) is -0.438. The second-order valence-corrected chi connectivity index (χ2v) is 3.55. The number of nitrogens with one attached hydrogen (secondary N) is 2. The summed E-state index contributed by atoms with van der Waals surface area (Å²) in [7, 11) is 2.57. The molecule has 0 bridgehead atoms. The molecule has 6 heteroatoms. The lowest BCUT2D eigenvalue weighted by Gasteiger charge is -2.16. The van der Waals surface area contributed by atoms with Crippen LogP contribution in [0.5, 0.6) is 0 Å². The van der Waals surface area contributed by atoms with Crippen LogP contribution < -0.4 is 10.8 Å². The smallest absolute Gasteiger partial charge is 0.407 e. The van der Waals surface area contributed by atoms with Crippen LogP contribution >= 0.6 is 0 Å². The fraction of sp³-hybridized carbons (Fsp3) is 0.333. The van der Waals surface area contributed by atoms with E-state index in [2.05, 4.69) is 20.4 Å². The Balaban J connectivity index is 2.71. The van der Waals surface area contributed by atoms with Gasteiger partial charge in [-0.05, 0) is 5.56 Å². The first-order valence-electron chi connectivity index (χ1n) is 5.38. The predicted molar refractivity (Wildman–Crippen MR) is 64.6 cm³/mol. The van der Waals surface area contributed by atoms with Crippen molar-refractivity contribution in [3.05, 3.63) is 35.9 Å². The topological polar surface area (TPSA) is 76.7 Å². The molecule has 0 fully saturated rings. The van der Waals surface area contributed by atoms with Crippen LogP contribution in [0.4, 0.5) is 4.79 Å². The average Bonchev–Trinajstić information content (AvgIpc) is 2.39. The van der Waals surface area contributed by atoms with Crippen molar-refractivity contribution in [3.63, 3.8) is 0 Å². The average molecular weight is 252 g/mol. The number of carbonyl (C=O) groups excluding carboxylic acids is 2. The predicted octanol–water partition coefficient (Wildman–Crippen LogP) is 0.631. The maximum absolute atomic E-state index is 11.7. The van der Waals surface area contributed by atoms with E-state index in [1.807, 2.05) is 30.3 Å². The van der Waals surface area contributed by atoms with E-state index in [4.69, 9.17) is 0 Å². The molecule has 0 saturated heterocycles. The van der Waals surface area contributed by atoms with E-state index < -0.39 is 18.0 Å². The Morgan fingerprint density at radius 3 is 2.44 bits per heavy atom. The minimum atomic E-state index is -0.750. The van der Waals surface area contributed by atoms with Crippen molar-refractivity contribution in [2.75, 3.05) is 14.2 Å². The minimum Gasteiger partial charge on any atom is -0.453 e. The van der Waals surface area contributed by atoms with Crippen LogP contribution in [-0.2, 0) is 20.8 Å². The molecule has 0 radical (unpaired) electrons. The van der Waals surface area contributed by atoms with Gasteiger partial charge in [0.25, 0.3) is 5.91 Å². The molecule has 2 N–H and O–H groups in total. The molecule has 1 unspecified atom stereocenters. The fourth-order valence-electron chi connectivity index (χ4n) is 1.43. The Kier molecular flexibility index (Phi) is 5.66. The zero-order chi connectivity index (χ0) is 13.4. The Labute approximate surface area is 105 Å². The van der Waals surface area contributed by atoms with Gasteiger partial charge in [-0.25, -0.2) is 10.3 Å². The number of ether oxygens (including phenoxy) is 1. The largest absolute Gasteiger partial charge is 0.453 e. The highest BCUT2D eigenvalue weighted by Gasteiger charge is 2.21. The fourth-order valence-corrected chi connectivity index (χ4v) is 1.43. The third kappa shape index (κ3) is 4.42. The summed E-state index contributed by atoms with van der Waals surface area (Å²) in [6.45, 7) is 0. The Bertz CT molecular complexity index is 394. The summed E-state index contributed by atoms with van der Waals surface area (Å²) in [5.41, 5.74) is 3.11. The number of benzene rings is 1. The van der Waals surface area contributed by atoms with Crippen LogP contribution in [0.3, 0.4) is 0 Å². The molecule has 1 atom stereocenters. The molecule has 0 aliphatic heterocycles. The molecule has 1 aromatic rings. The van der Waals surface area contributed by atoms with Gasteiger partial charge in [-0.15, -0.1) is 0 Å². The Morgan fingerprint density at radius 1 is 1.22 bits per heavy atom. The zero-order valence-corrected chi connectivity index (χ0v) is 10.3. The number of hydrogen-bond acceptors (Lipinski definition) is 4. The molecular formula is C12H16N2O4. The highest BCUT2D eigenvalue weighted by atomic mass is 16.6. The molecule has 0 aliphatic carbocycles. The molecule has 0 spiro atoms. The van der Waals surface area contributed by atoms with Gasteiger partial charge in [0.15, 0.2) is 0 Å². The second kappa shape index (κ2) is 7.29. The second-order valence-electron chi connectivity index (χ2n) is 3.55. The van der Waals surface area contributed by atoms with Crippen molar-refractivity contribution in [2.45, 2.75) is 12.5 Å². The number of amides is 2. The van der Waals surface area contributed by atoms with E-state index in [9.17, 15) is 9.59 Å². The third-order valence-electron chi connectivity index (χ3n) is 2.28. The van der Waals surface area contributed by atoms with Gasteiger partial charge < -0.3 is 10.1 Å². The van der Waals surface area contributed by atoms with E-state index in [1.165, 1.54) is 14.2 Å².